The van der Waals surface area contributed by atoms with Crippen molar-refractivity contribution in [2.45, 2.75) is 19.3 Å². The number of nitrogens with zero attached hydrogens (tertiary/aromatic N) is 2. The fraction of sp³-hybridized carbons (Fsp3) is 0.0476. The van der Waals surface area contributed by atoms with Crippen molar-refractivity contribution >= 4 is 102 Å². The van der Waals surface area contributed by atoms with Crippen LogP contribution < -0.4 is 4.90 Å². The lowest BCUT2D eigenvalue weighted by molar-refractivity contribution is 0.660. The van der Waals surface area contributed by atoms with Crippen LogP contribution in [-0.2, 0) is 5.41 Å². The van der Waals surface area contributed by atoms with Crippen LogP contribution in [-0.4, -0.2) is 4.57 Å². The van der Waals surface area contributed by atoms with Gasteiger partial charge in [0.2, 0.25) is 0 Å². The molecular weight excluding hydrogens is 849 g/mol. The van der Waals surface area contributed by atoms with Crippen LogP contribution in [0, 0.1) is 0 Å². The third-order valence-corrected chi connectivity index (χ3v) is 16.7. The molecule has 0 radical (unpaired) electrons. The molecule has 0 aliphatic heterocycles. The van der Waals surface area contributed by atoms with Crippen molar-refractivity contribution in [1.29, 1.82) is 0 Å². The van der Waals surface area contributed by atoms with Crippen LogP contribution in [0.25, 0.3) is 101 Å². The molecule has 3 heterocycles. The van der Waals surface area contributed by atoms with Gasteiger partial charge in [-0.1, -0.05) is 147 Å². The molecule has 13 aromatic rings. The van der Waals surface area contributed by atoms with Crippen LogP contribution in [0.2, 0.25) is 0 Å². The average molecular weight is 891 g/mol. The van der Waals surface area contributed by atoms with Gasteiger partial charge < -0.3 is 9.47 Å². The first-order valence-corrected chi connectivity index (χ1v) is 24.7. The Morgan fingerprint density at radius 2 is 0.791 bits per heavy atom. The van der Waals surface area contributed by atoms with Crippen LogP contribution in [0.5, 0.6) is 0 Å². The summed E-state index contributed by atoms with van der Waals surface area (Å²) in [6, 6.07) is 81.0. The van der Waals surface area contributed by atoms with Crippen molar-refractivity contribution in [3.05, 3.63) is 230 Å². The molecule has 0 atom stereocenters. The Kier molecular flexibility index (Phi) is 8.40. The van der Waals surface area contributed by atoms with E-state index in [9.17, 15) is 0 Å². The zero-order chi connectivity index (χ0) is 44.4. The van der Waals surface area contributed by atoms with Gasteiger partial charge in [-0.2, -0.15) is 0 Å². The predicted octanol–water partition coefficient (Wildman–Crippen LogP) is 18.6. The van der Waals surface area contributed by atoms with Gasteiger partial charge in [-0.25, -0.2) is 0 Å². The first-order chi connectivity index (χ1) is 33.0. The highest BCUT2D eigenvalue weighted by Crippen LogP contribution is 2.53. The van der Waals surface area contributed by atoms with E-state index in [0.29, 0.717) is 0 Å². The van der Waals surface area contributed by atoms with E-state index < -0.39 is 0 Å². The normalized spacial score (nSPS) is 13.0. The Morgan fingerprint density at radius 1 is 0.358 bits per heavy atom. The molecule has 4 heteroatoms. The molecule has 0 amide bonds. The molecule has 0 saturated heterocycles. The summed E-state index contributed by atoms with van der Waals surface area (Å²) in [6.07, 6.45) is 0. The SMILES string of the molecule is CC1(C)c2cc(N(c3ccc(-c4ccccc4)cc3)c3ccc(-c4ccccc4)cc3)ccc2-c2ccc(-n3c4ccc5sc6ccccc6c5c4c4c5c(ccc43)sc3ccccc35)cc21. The highest BCUT2D eigenvalue weighted by molar-refractivity contribution is 7.26. The minimum absolute atomic E-state index is 0.261. The van der Waals surface area contributed by atoms with Crippen LogP contribution >= 0.6 is 22.7 Å². The molecule has 10 aromatic carbocycles. The molecule has 0 unspecified atom stereocenters. The van der Waals surface area contributed by atoms with Crippen LogP contribution in [0.1, 0.15) is 25.0 Å². The number of benzene rings is 10. The predicted molar refractivity (Wildman–Crippen MR) is 290 cm³/mol. The second-order valence-electron chi connectivity index (χ2n) is 18.4. The monoisotopic (exact) mass is 890 g/mol. The van der Waals surface area contributed by atoms with E-state index in [2.05, 4.69) is 242 Å². The lowest BCUT2D eigenvalue weighted by atomic mass is 9.82. The highest BCUT2D eigenvalue weighted by Gasteiger charge is 2.37. The molecule has 0 bridgehead atoms. The van der Waals surface area contributed by atoms with Gasteiger partial charge in [0.25, 0.3) is 0 Å². The number of aromatic nitrogens is 1. The van der Waals surface area contributed by atoms with Crippen molar-refractivity contribution < 1.29 is 0 Å². The molecule has 67 heavy (non-hydrogen) atoms. The summed E-state index contributed by atoms with van der Waals surface area (Å²) in [5, 5.41) is 8.08. The summed E-state index contributed by atoms with van der Waals surface area (Å²) in [5.41, 5.74) is 16.9. The summed E-state index contributed by atoms with van der Waals surface area (Å²) >= 11 is 3.80. The Balaban J connectivity index is 0.928. The third kappa shape index (κ3) is 5.80. The number of anilines is 3. The zero-order valence-corrected chi connectivity index (χ0v) is 38.6. The van der Waals surface area contributed by atoms with E-state index in [1.54, 1.807) is 0 Å². The van der Waals surface area contributed by atoms with E-state index in [-0.39, 0.29) is 5.41 Å². The summed E-state index contributed by atoms with van der Waals surface area (Å²) < 4.78 is 7.87. The Labute approximate surface area is 396 Å². The first-order valence-electron chi connectivity index (χ1n) is 23.1. The molecule has 2 nitrogen and oxygen atoms in total. The van der Waals surface area contributed by atoms with E-state index in [1.807, 2.05) is 22.7 Å². The van der Waals surface area contributed by atoms with Gasteiger partial charge in [-0.3, -0.25) is 0 Å². The topological polar surface area (TPSA) is 8.17 Å². The Morgan fingerprint density at radius 3 is 1.31 bits per heavy atom. The van der Waals surface area contributed by atoms with Crippen molar-refractivity contribution in [2.24, 2.45) is 0 Å². The molecule has 0 N–H and O–H groups in total. The maximum absolute atomic E-state index is 2.55. The molecule has 316 valence electrons. The summed E-state index contributed by atoms with van der Waals surface area (Å²) in [5.74, 6) is 0. The van der Waals surface area contributed by atoms with E-state index in [1.165, 1.54) is 112 Å². The van der Waals surface area contributed by atoms with Gasteiger partial charge >= 0.3 is 0 Å². The fourth-order valence-electron chi connectivity index (χ4n) is 11.2. The molecular formula is C63H42N2S2. The maximum atomic E-state index is 2.55. The summed E-state index contributed by atoms with van der Waals surface area (Å²) in [4.78, 5) is 2.41. The largest absolute Gasteiger partial charge is 0.310 e. The molecule has 1 aliphatic carbocycles. The van der Waals surface area contributed by atoms with Crippen molar-refractivity contribution in [3.8, 4) is 39.1 Å². The van der Waals surface area contributed by atoms with Crippen molar-refractivity contribution in [1.82, 2.24) is 4.57 Å². The third-order valence-electron chi connectivity index (χ3n) is 14.4. The maximum Gasteiger partial charge on any atom is 0.0548 e. The number of hydrogen-bond acceptors (Lipinski definition) is 3. The van der Waals surface area contributed by atoms with E-state index >= 15 is 0 Å². The second kappa shape index (κ2) is 14.6. The summed E-state index contributed by atoms with van der Waals surface area (Å²) in [6.45, 7) is 4.82. The number of hydrogen-bond donors (Lipinski definition) is 0. The van der Waals surface area contributed by atoms with Gasteiger partial charge in [0, 0.05) is 79.3 Å². The molecule has 0 spiro atoms. The molecule has 14 rings (SSSR count). The number of rotatable bonds is 6. The molecule has 1 aliphatic rings. The second-order valence-corrected chi connectivity index (χ2v) is 20.6. The Bertz CT molecular complexity index is 3890. The van der Waals surface area contributed by atoms with E-state index in [4.69, 9.17) is 0 Å². The van der Waals surface area contributed by atoms with Gasteiger partial charge in [-0.15, -0.1) is 22.7 Å². The zero-order valence-electron chi connectivity index (χ0n) is 37.0. The van der Waals surface area contributed by atoms with E-state index in [0.717, 1.165) is 17.1 Å². The average Bonchev–Trinajstić information content (AvgIpc) is 4.11. The highest BCUT2D eigenvalue weighted by atomic mass is 32.1. The van der Waals surface area contributed by atoms with Gasteiger partial charge in [0.1, 0.15) is 0 Å². The van der Waals surface area contributed by atoms with Crippen molar-refractivity contribution in [3.63, 3.8) is 0 Å². The minimum atomic E-state index is -0.261. The van der Waals surface area contributed by atoms with Gasteiger partial charge in [-0.05, 0) is 129 Å². The standard InChI is InChI=1S/C63H42N2S2/c1-63(2)51-37-45(64(43-25-21-41(22-26-43)39-13-5-3-6-14-39)44-27-23-42(24-28-44)40-15-7-4-8-16-40)29-31-47(51)48-32-30-46(38-52(48)63)65-53-33-35-57-59(49-17-9-11-19-55(49)66-57)61(53)62-54(65)34-36-58-60(62)50-18-10-12-20-56(50)67-58/h3-38H,1-2H3. The lowest BCUT2D eigenvalue weighted by Crippen LogP contribution is -2.17. The fourth-order valence-corrected chi connectivity index (χ4v) is 13.4. The number of fused-ring (bicyclic) bond motifs is 14. The first kappa shape index (κ1) is 38.5. The van der Waals surface area contributed by atoms with Gasteiger partial charge in [0.05, 0.1) is 11.0 Å². The minimum Gasteiger partial charge on any atom is -0.310 e. The summed E-state index contributed by atoms with van der Waals surface area (Å²) in [7, 11) is 0. The van der Waals surface area contributed by atoms with Crippen LogP contribution in [0.4, 0.5) is 17.1 Å². The molecule has 0 fully saturated rings. The van der Waals surface area contributed by atoms with Crippen LogP contribution in [0.3, 0.4) is 0 Å². The quantitative estimate of drug-likeness (QED) is 0.161. The van der Waals surface area contributed by atoms with Crippen LogP contribution in [0.15, 0.2) is 218 Å². The lowest BCUT2D eigenvalue weighted by Gasteiger charge is -2.28. The number of thiophene rings is 2. The Hall–Kier alpha value is -7.76. The smallest absolute Gasteiger partial charge is 0.0548 e. The van der Waals surface area contributed by atoms with Gasteiger partial charge in [0.15, 0.2) is 0 Å². The molecule has 3 aromatic heterocycles. The molecule has 0 saturated carbocycles. The van der Waals surface area contributed by atoms with Crippen molar-refractivity contribution in [2.75, 3.05) is 4.90 Å².